The van der Waals surface area contributed by atoms with Crippen LogP contribution in [0.2, 0.25) is 10.0 Å². The summed E-state index contributed by atoms with van der Waals surface area (Å²) < 4.78 is 83.5. The number of alkyl halides is 6. The zero-order chi connectivity index (χ0) is 22.0. The standard InChI is InChI=1S/C15H10Cl2F6N4OS/c1-2-28-6-25-13-12(29-15(21,22)23)10(5-24)26-27(13)11-8(16)3-7(4-9(11)17)14(18,19)20/h3-4,25H,2,6H2,1H3. The molecule has 0 fully saturated rings. The van der Waals surface area contributed by atoms with Crippen molar-refractivity contribution in [2.75, 3.05) is 18.7 Å². The summed E-state index contributed by atoms with van der Waals surface area (Å²) in [6, 6.07) is 2.62. The normalized spacial score (nSPS) is 12.1. The van der Waals surface area contributed by atoms with Gasteiger partial charge < -0.3 is 10.1 Å². The van der Waals surface area contributed by atoms with E-state index < -0.39 is 49.6 Å². The predicted octanol–water partition coefficient (Wildman–Crippen LogP) is 6.09. The van der Waals surface area contributed by atoms with E-state index in [0.717, 1.165) is 4.68 Å². The quantitative estimate of drug-likeness (QED) is 0.235. The van der Waals surface area contributed by atoms with Crippen LogP contribution < -0.4 is 5.32 Å². The molecule has 1 aromatic carbocycles. The molecule has 0 unspecified atom stereocenters. The average molecular weight is 479 g/mol. The Balaban J connectivity index is 2.70. The molecule has 5 nitrogen and oxygen atoms in total. The minimum atomic E-state index is -4.77. The van der Waals surface area contributed by atoms with Gasteiger partial charge in [0.15, 0.2) is 5.69 Å². The summed E-state index contributed by atoms with van der Waals surface area (Å²) in [4.78, 5) is -0.605. The topological polar surface area (TPSA) is 62.9 Å². The maximum Gasteiger partial charge on any atom is 0.446 e. The van der Waals surface area contributed by atoms with Crippen LogP contribution in [0.15, 0.2) is 17.0 Å². The Labute approximate surface area is 174 Å². The van der Waals surface area contributed by atoms with Gasteiger partial charge in [-0.1, -0.05) is 23.2 Å². The zero-order valence-corrected chi connectivity index (χ0v) is 16.6. The van der Waals surface area contributed by atoms with E-state index in [1.165, 1.54) is 6.07 Å². The molecule has 2 aromatic rings. The van der Waals surface area contributed by atoms with Crippen LogP contribution in [-0.2, 0) is 10.9 Å². The van der Waals surface area contributed by atoms with E-state index in [-0.39, 0.29) is 24.8 Å². The van der Waals surface area contributed by atoms with Gasteiger partial charge in [-0.25, -0.2) is 4.68 Å². The van der Waals surface area contributed by atoms with E-state index in [9.17, 15) is 31.6 Å². The number of aromatic nitrogens is 2. The van der Waals surface area contributed by atoms with Crippen molar-refractivity contribution in [3.8, 4) is 11.8 Å². The molecular weight excluding hydrogens is 469 g/mol. The molecule has 1 aromatic heterocycles. The fourth-order valence-corrected chi connectivity index (χ4v) is 3.48. The Morgan fingerprint density at radius 2 is 1.79 bits per heavy atom. The van der Waals surface area contributed by atoms with Crippen LogP contribution in [0.5, 0.6) is 0 Å². The third-order valence-corrected chi connectivity index (χ3v) is 4.67. The average Bonchev–Trinajstić information content (AvgIpc) is 2.89. The number of nitriles is 1. The summed E-state index contributed by atoms with van der Waals surface area (Å²) in [6.45, 7) is 1.58. The highest BCUT2D eigenvalue weighted by Gasteiger charge is 2.36. The number of halogens is 8. The molecule has 0 saturated heterocycles. The predicted molar refractivity (Wildman–Crippen MR) is 95.3 cm³/mol. The molecule has 0 radical (unpaired) electrons. The molecule has 0 aliphatic rings. The van der Waals surface area contributed by atoms with Crippen LogP contribution in [0.4, 0.5) is 32.2 Å². The van der Waals surface area contributed by atoms with Gasteiger partial charge in [-0.3, -0.25) is 0 Å². The molecule has 2 rings (SSSR count). The van der Waals surface area contributed by atoms with Crippen LogP contribution in [0.25, 0.3) is 5.69 Å². The number of hydrogen-bond acceptors (Lipinski definition) is 5. The van der Waals surface area contributed by atoms with E-state index in [1.54, 1.807) is 6.92 Å². The number of benzene rings is 1. The van der Waals surface area contributed by atoms with Crippen molar-refractivity contribution in [3.05, 3.63) is 33.4 Å². The SMILES string of the molecule is CCOCNc1c(SC(F)(F)F)c(C#N)nn1-c1c(Cl)cc(C(F)(F)F)cc1Cl. The number of ether oxygens (including phenoxy) is 1. The van der Waals surface area contributed by atoms with Crippen LogP contribution >= 0.6 is 35.0 Å². The molecule has 1 N–H and O–H groups in total. The number of anilines is 1. The molecule has 14 heteroatoms. The Kier molecular flexibility index (Phi) is 7.21. The second-order valence-corrected chi connectivity index (χ2v) is 7.09. The molecule has 0 amide bonds. The molecule has 0 spiro atoms. The first-order chi connectivity index (χ1) is 13.4. The van der Waals surface area contributed by atoms with Gasteiger partial charge in [0.25, 0.3) is 0 Å². The van der Waals surface area contributed by atoms with Crippen molar-refractivity contribution in [2.45, 2.75) is 23.5 Å². The second-order valence-electron chi connectivity index (χ2n) is 5.20. The summed E-state index contributed by atoms with van der Waals surface area (Å²) >= 11 is 11.2. The largest absolute Gasteiger partial charge is 0.446 e. The van der Waals surface area contributed by atoms with E-state index in [0.29, 0.717) is 12.1 Å². The third kappa shape index (κ3) is 5.63. The summed E-state index contributed by atoms with van der Waals surface area (Å²) in [5, 5.41) is 14.4. The molecule has 1 heterocycles. The molecule has 0 bridgehead atoms. The fourth-order valence-electron chi connectivity index (χ4n) is 2.16. The first-order valence-electron chi connectivity index (χ1n) is 7.56. The molecule has 0 aliphatic carbocycles. The second kappa shape index (κ2) is 8.91. The summed E-state index contributed by atoms with van der Waals surface area (Å²) in [5.41, 5.74) is -6.88. The lowest BCUT2D eigenvalue weighted by Crippen LogP contribution is -2.13. The van der Waals surface area contributed by atoms with Crippen molar-refractivity contribution in [1.82, 2.24) is 9.78 Å². The highest BCUT2D eigenvalue weighted by atomic mass is 35.5. The highest BCUT2D eigenvalue weighted by Crippen LogP contribution is 2.45. The maximum absolute atomic E-state index is 13.0. The van der Waals surface area contributed by atoms with Gasteiger partial charge >= 0.3 is 11.7 Å². The summed E-state index contributed by atoms with van der Waals surface area (Å²) in [6.07, 6.45) is -4.75. The molecule has 0 aliphatic heterocycles. The summed E-state index contributed by atoms with van der Waals surface area (Å²) in [5.74, 6) is -0.360. The minimum Gasteiger partial charge on any atom is -0.362 e. The van der Waals surface area contributed by atoms with Gasteiger partial charge in [-0.2, -0.15) is 36.7 Å². The fraction of sp³-hybridized carbons (Fsp3) is 0.333. The van der Waals surface area contributed by atoms with Crippen LogP contribution in [-0.4, -0.2) is 28.6 Å². The summed E-state index contributed by atoms with van der Waals surface area (Å²) in [7, 11) is 0. The highest BCUT2D eigenvalue weighted by molar-refractivity contribution is 8.00. The maximum atomic E-state index is 13.0. The van der Waals surface area contributed by atoms with E-state index in [2.05, 4.69) is 10.4 Å². The van der Waals surface area contributed by atoms with Crippen LogP contribution in [0, 0.1) is 11.3 Å². The van der Waals surface area contributed by atoms with Gasteiger partial charge in [0, 0.05) is 6.61 Å². The van der Waals surface area contributed by atoms with Crippen molar-refractivity contribution >= 4 is 40.8 Å². The number of hydrogen-bond donors (Lipinski definition) is 1. The molecule has 29 heavy (non-hydrogen) atoms. The Bertz CT molecular complexity index is 916. The van der Waals surface area contributed by atoms with Gasteiger partial charge in [0.2, 0.25) is 0 Å². The number of nitrogens with zero attached hydrogens (tertiary/aromatic N) is 3. The number of nitrogens with one attached hydrogen (secondary N) is 1. The van der Waals surface area contributed by atoms with Gasteiger partial charge in [0.1, 0.15) is 24.3 Å². The number of thioether (sulfide) groups is 1. The zero-order valence-electron chi connectivity index (χ0n) is 14.3. The monoisotopic (exact) mass is 478 g/mol. The van der Waals surface area contributed by atoms with Crippen LogP contribution in [0.1, 0.15) is 18.2 Å². The van der Waals surface area contributed by atoms with Crippen LogP contribution in [0.3, 0.4) is 0 Å². The minimum absolute atomic E-state index is 0.218. The van der Waals surface area contributed by atoms with Crippen molar-refractivity contribution in [1.29, 1.82) is 5.26 Å². The third-order valence-electron chi connectivity index (χ3n) is 3.27. The van der Waals surface area contributed by atoms with Crippen molar-refractivity contribution < 1.29 is 31.1 Å². The first kappa shape index (κ1) is 23.5. The number of rotatable bonds is 6. The van der Waals surface area contributed by atoms with Crippen molar-refractivity contribution in [3.63, 3.8) is 0 Å². The molecular formula is C15H10Cl2F6N4OS. The lowest BCUT2D eigenvalue weighted by Gasteiger charge is -2.16. The van der Waals surface area contributed by atoms with Gasteiger partial charge in [-0.05, 0) is 30.8 Å². The Morgan fingerprint density at radius 3 is 2.24 bits per heavy atom. The first-order valence-corrected chi connectivity index (χ1v) is 9.13. The molecule has 158 valence electrons. The van der Waals surface area contributed by atoms with E-state index >= 15 is 0 Å². The molecule has 0 saturated carbocycles. The Hall–Kier alpha value is -1.81. The lowest BCUT2D eigenvalue weighted by molar-refractivity contribution is -0.137. The van der Waals surface area contributed by atoms with E-state index in [1.807, 2.05) is 0 Å². The van der Waals surface area contributed by atoms with Crippen molar-refractivity contribution in [2.24, 2.45) is 0 Å². The lowest BCUT2D eigenvalue weighted by atomic mass is 10.2. The van der Waals surface area contributed by atoms with Gasteiger partial charge in [0.05, 0.1) is 20.5 Å². The van der Waals surface area contributed by atoms with E-state index in [4.69, 9.17) is 27.9 Å². The Morgan fingerprint density at radius 1 is 1.21 bits per heavy atom. The smallest absolute Gasteiger partial charge is 0.362 e. The molecule has 0 atom stereocenters. The van der Waals surface area contributed by atoms with Gasteiger partial charge in [-0.15, -0.1) is 0 Å².